The maximum absolute atomic E-state index is 13.2. The molecule has 0 unspecified atom stereocenters. The molecule has 8 heteroatoms. The van der Waals surface area contributed by atoms with Crippen LogP contribution in [0.3, 0.4) is 0 Å². The van der Waals surface area contributed by atoms with Crippen LogP contribution in [0.2, 0.25) is 0 Å². The Morgan fingerprint density at radius 1 is 1.32 bits per heavy atom. The van der Waals surface area contributed by atoms with Gasteiger partial charge in [0.15, 0.2) is 0 Å². The number of hydrogen-bond donors (Lipinski definition) is 0. The van der Waals surface area contributed by atoms with Crippen LogP contribution < -0.4 is 4.90 Å². The molecule has 1 aromatic carbocycles. The Morgan fingerprint density at radius 3 is 2.28 bits per heavy atom. The van der Waals surface area contributed by atoms with E-state index in [9.17, 15) is 18.0 Å². The molecule has 0 N–H and O–H groups in total. The van der Waals surface area contributed by atoms with Gasteiger partial charge in [-0.3, -0.25) is 14.6 Å². The number of benzene rings is 1. The van der Waals surface area contributed by atoms with Crippen molar-refractivity contribution in [3.05, 3.63) is 29.3 Å². The lowest BCUT2D eigenvalue weighted by Gasteiger charge is -2.39. The number of likely N-dealkylation sites (N-methyl/N-ethyl adjacent to an activating group) is 1. The largest absolute Gasteiger partial charge is 0.417 e. The average molecular weight is 371 g/mol. The lowest BCUT2D eigenvalue weighted by atomic mass is 9.98. The molecule has 0 heterocycles. The molecule has 0 saturated heterocycles. The number of amides is 1. The molecular formula is C17H20F3N3OS. The van der Waals surface area contributed by atoms with Gasteiger partial charge in [0.1, 0.15) is 0 Å². The van der Waals surface area contributed by atoms with Gasteiger partial charge in [-0.05, 0) is 52.9 Å². The van der Waals surface area contributed by atoms with Crippen molar-refractivity contribution < 1.29 is 18.0 Å². The molecular weight excluding hydrogens is 351 g/mol. The van der Waals surface area contributed by atoms with E-state index in [0.29, 0.717) is 0 Å². The smallest absolute Gasteiger partial charge is 0.291 e. The van der Waals surface area contributed by atoms with Crippen LogP contribution in [0, 0.1) is 11.3 Å². The van der Waals surface area contributed by atoms with Crippen molar-refractivity contribution in [3.63, 3.8) is 0 Å². The lowest BCUT2D eigenvalue weighted by molar-refractivity contribution is -0.137. The Bertz CT molecular complexity index is 708. The molecule has 0 fully saturated rings. The molecule has 0 saturated carbocycles. The third-order valence-corrected chi connectivity index (χ3v) is 4.42. The van der Waals surface area contributed by atoms with E-state index in [0.717, 1.165) is 22.5 Å². The molecule has 0 spiro atoms. The number of thiocarbonyl (C=S) groups is 1. The summed E-state index contributed by atoms with van der Waals surface area (Å²) in [5.41, 5.74) is -1.62. The van der Waals surface area contributed by atoms with Gasteiger partial charge in [-0.1, -0.05) is 12.2 Å². The zero-order chi connectivity index (χ0) is 19.6. The van der Waals surface area contributed by atoms with Gasteiger partial charge in [-0.25, -0.2) is 0 Å². The fraction of sp³-hybridized carbons (Fsp3) is 0.471. The van der Waals surface area contributed by atoms with Gasteiger partial charge in [-0.15, -0.1) is 0 Å². The van der Waals surface area contributed by atoms with Crippen molar-refractivity contribution in [2.75, 3.05) is 11.9 Å². The number of carbonyl (C=O) groups excluding carboxylic acids is 1. The van der Waals surface area contributed by atoms with Crippen LogP contribution >= 0.6 is 12.2 Å². The first-order valence-electron chi connectivity index (χ1n) is 7.51. The van der Waals surface area contributed by atoms with Gasteiger partial charge in [0, 0.05) is 11.7 Å². The van der Waals surface area contributed by atoms with Crippen molar-refractivity contribution in [1.29, 1.82) is 5.26 Å². The molecule has 0 aliphatic carbocycles. The molecule has 0 atom stereocenters. The lowest BCUT2D eigenvalue weighted by Crippen LogP contribution is -2.56. The van der Waals surface area contributed by atoms with Gasteiger partial charge >= 0.3 is 6.18 Å². The molecule has 4 nitrogen and oxygen atoms in total. The second-order valence-electron chi connectivity index (χ2n) is 6.38. The maximum atomic E-state index is 13.2. The number of carbonyl (C=O) groups is 1. The van der Waals surface area contributed by atoms with E-state index >= 15 is 0 Å². The molecule has 0 radical (unpaired) electrons. The predicted molar refractivity (Wildman–Crippen MR) is 94.3 cm³/mol. The summed E-state index contributed by atoms with van der Waals surface area (Å²) < 4.78 is 39.5. The topological polar surface area (TPSA) is 47.3 Å². The van der Waals surface area contributed by atoms with Crippen molar-refractivity contribution in [1.82, 2.24) is 4.90 Å². The summed E-state index contributed by atoms with van der Waals surface area (Å²) in [6.45, 7) is 7.16. The summed E-state index contributed by atoms with van der Waals surface area (Å²) in [6, 6.07) is 4.63. The van der Waals surface area contributed by atoms with Crippen LogP contribution in [0.25, 0.3) is 0 Å². The van der Waals surface area contributed by atoms with Crippen LogP contribution in [0.15, 0.2) is 18.2 Å². The summed E-state index contributed by atoms with van der Waals surface area (Å²) in [6.07, 6.45) is -4.71. The molecule has 1 amide bonds. The van der Waals surface area contributed by atoms with Gasteiger partial charge in [0.25, 0.3) is 5.91 Å². The van der Waals surface area contributed by atoms with Crippen molar-refractivity contribution in [3.8, 4) is 6.07 Å². The van der Waals surface area contributed by atoms with Crippen LogP contribution in [0.1, 0.15) is 38.8 Å². The van der Waals surface area contributed by atoms with E-state index in [1.165, 1.54) is 12.1 Å². The molecule has 1 aromatic rings. The molecule has 25 heavy (non-hydrogen) atoms. The fourth-order valence-electron chi connectivity index (χ4n) is 2.33. The third kappa shape index (κ3) is 4.35. The Hall–Kier alpha value is -1.98. The number of nitriles is 1. The highest BCUT2D eigenvalue weighted by Gasteiger charge is 2.39. The van der Waals surface area contributed by atoms with E-state index in [-0.39, 0.29) is 11.7 Å². The maximum Gasteiger partial charge on any atom is 0.417 e. The van der Waals surface area contributed by atoms with Crippen molar-refractivity contribution in [2.24, 2.45) is 0 Å². The first kappa shape index (κ1) is 21.1. The molecule has 0 aromatic heterocycles. The highest BCUT2D eigenvalue weighted by atomic mass is 32.1. The van der Waals surface area contributed by atoms with Gasteiger partial charge in [-0.2, -0.15) is 18.4 Å². The van der Waals surface area contributed by atoms with Crippen molar-refractivity contribution in [2.45, 2.75) is 45.5 Å². The molecule has 0 aliphatic heterocycles. The van der Waals surface area contributed by atoms with Crippen LogP contribution in [-0.4, -0.2) is 34.9 Å². The summed E-state index contributed by atoms with van der Waals surface area (Å²) in [5, 5.41) is 8.88. The van der Waals surface area contributed by atoms with Gasteiger partial charge < -0.3 is 0 Å². The second kappa shape index (κ2) is 7.50. The highest BCUT2D eigenvalue weighted by Crippen LogP contribution is 2.35. The zero-order valence-corrected chi connectivity index (χ0v) is 15.5. The van der Waals surface area contributed by atoms with Crippen molar-refractivity contribution >= 4 is 29.3 Å². The summed E-state index contributed by atoms with van der Waals surface area (Å²) in [5.74, 6) is -0.462. The quantitative estimate of drug-likeness (QED) is 0.735. The van der Waals surface area contributed by atoms with E-state index < -0.39 is 28.7 Å². The monoisotopic (exact) mass is 371 g/mol. The molecule has 0 aliphatic rings. The van der Waals surface area contributed by atoms with Crippen LogP contribution in [-0.2, 0) is 11.0 Å². The highest BCUT2D eigenvalue weighted by molar-refractivity contribution is 7.79. The minimum atomic E-state index is -4.71. The third-order valence-electron chi connectivity index (χ3n) is 4.21. The summed E-state index contributed by atoms with van der Waals surface area (Å²) in [4.78, 5) is 15.7. The minimum Gasteiger partial charge on any atom is -0.291 e. The normalized spacial score (nSPS) is 12.2. The minimum absolute atomic E-state index is 0.0310. The SMILES string of the molecule is CC(C)N(C)C(C)(C)C(=O)N(C=S)c1ccc(C#N)c(C(F)(F)F)c1. The predicted octanol–water partition coefficient (Wildman–Crippen LogP) is 3.99. The second-order valence-corrected chi connectivity index (χ2v) is 6.59. The van der Waals surface area contributed by atoms with E-state index in [2.05, 4.69) is 0 Å². The van der Waals surface area contributed by atoms with Crippen LogP contribution in [0.5, 0.6) is 0 Å². The average Bonchev–Trinajstić information content (AvgIpc) is 2.53. The fourth-order valence-corrected chi connectivity index (χ4v) is 2.55. The first-order chi connectivity index (χ1) is 11.4. The summed E-state index contributed by atoms with van der Waals surface area (Å²) >= 11 is 4.87. The van der Waals surface area contributed by atoms with Gasteiger partial charge in [0.2, 0.25) is 0 Å². The number of nitrogens with zero attached hydrogens (tertiary/aromatic N) is 3. The number of halogens is 3. The van der Waals surface area contributed by atoms with E-state index in [1.54, 1.807) is 25.8 Å². The Balaban J connectivity index is 3.40. The van der Waals surface area contributed by atoms with Gasteiger partial charge in [0.05, 0.1) is 28.2 Å². The molecule has 136 valence electrons. The molecule has 1 rings (SSSR count). The molecule has 0 bridgehead atoms. The number of anilines is 1. The Morgan fingerprint density at radius 2 is 1.88 bits per heavy atom. The Labute approximate surface area is 150 Å². The Kier molecular flexibility index (Phi) is 6.32. The van der Waals surface area contributed by atoms with E-state index in [4.69, 9.17) is 17.5 Å². The summed E-state index contributed by atoms with van der Waals surface area (Å²) in [7, 11) is 1.75. The number of alkyl halides is 3. The number of rotatable bonds is 5. The standard InChI is InChI=1S/C17H20F3N3OS/c1-11(2)22(5)16(3,4)15(24)23(10-25)13-7-6-12(9-21)14(8-13)17(18,19)20/h6-8,10-11H,1-5H3. The van der Waals surface area contributed by atoms with E-state index in [1.807, 2.05) is 13.8 Å². The zero-order valence-electron chi connectivity index (χ0n) is 14.7. The van der Waals surface area contributed by atoms with Crippen LogP contribution in [0.4, 0.5) is 18.9 Å². The number of hydrogen-bond acceptors (Lipinski definition) is 4. The first-order valence-corrected chi connectivity index (χ1v) is 7.98.